The zero-order valence-electron chi connectivity index (χ0n) is 10.2. The molecule has 2 heterocycles. The Hall–Kier alpha value is -2.21. The van der Waals surface area contributed by atoms with E-state index in [-0.39, 0.29) is 0 Å². The number of nitrogens with zero attached hydrogens (tertiary/aromatic N) is 3. The Balaban J connectivity index is 1.97. The van der Waals surface area contributed by atoms with Gasteiger partial charge in [0.2, 0.25) is 0 Å². The summed E-state index contributed by atoms with van der Waals surface area (Å²) >= 11 is 0. The summed E-state index contributed by atoms with van der Waals surface area (Å²) in [6.45, 7) is 1.37. The largest absolute Gasteiger partial charge is 0.479 e. The number of carbonyl (C=O) groups is 1. The molecule has 1 aromatic heterocycles. The first-order valence-corrected chi connectivity index (χ1v) is 6.05. The summed E-state index contributed by atoms with van der Waals surface area (Å²) < 4.78 is 5.23. The number of anilines is 1. The van der Waals surface area contributed by atoms with Gasteiger partial charge >= 0.3 is 5.97 Å². The van der Waals surface area contributed by atoms with Gasteiger partial charge < -0.3 is 14.7 Å². The Morgan fingerprint density at radius 2 is 2.26 bits per heavy atom. The summed E-state index contributed by atoms with van der Waals surface area (Å²) in [6, 6.07) is 7.69. The number of hydrogen-bond acceptors (Lipinski definition) is 5. The van der Waals surface area contributed by atoms with Gasteiger partial charge in [-0.25, -0.2) is 4.79 Å². The number of aliphatic carboxylic acids is 1. The molecule has 6 heteroatoms. The summed E-state index contributed by atoms with van der Waals surface area (Å²) in [4.78, 5) is 13.0. The highest BCUT2D eigenvalue weighted by atomic mass is 16.5. The van der Waals surface area contributed by atoms with Crippen LogP contribution in [0.5, 0.6) is 0 Å². The molecule has 1 atom stereocenters. The van der Waals surface area contributed by atoms with Gasteiger partial charge in [0.1, 0.15) is 0 Å². The number of fused-ring (bicyclic) bond motifs is 1. The van der Waals surface area contributed by atoms with Crippen LogP contribution >= 0.6 is 0 Å². The third-order valence-corrected chi connectivity index (χ3v) is 3.21. The first kappa shape index (κ1) is 11.9. The highest BCUT2D eigenvalue weighted by molar-refractivity contribution is 5.91. The van der Waals surface area contributed by atoms with Gasteiger partial charge in [0.15, 0.2) is 6.10 Å². The first-order valence-electron chi connectivity index (χ1n) is 6.05. The molecule has 0 amide bonds. The van der Waals surface area contributed by atoms with E-state index in [4.69, 9.17) is 9.84 Å². The van der Waals surface area contributed by atoms with Crippen LogP contribution in [0.4, 0.5) is 5.69 Å². The van der Waals surface area contributed by atoms with E-state index in [0.29, 0.717) is 19.7 Å². The van der Waals surface area contributed by atoms with Gasteiger partial charge in [-0.2, -0.15) is 10.2 Å². The molecule has 1 aliphatic heterocycles. The van der Waals surface area contributed by atoms with Gasteiger partial charge in [-0.3, -0.25) is 0 Å². The second-order valence-electron chi connectivity index (χ2n) is 4.39. The summed E-state index contributed by atoms with van der Waals surface area (Å²) in [5, 5.41) is 18.1. The van der Waals surface area contributed by atoms with Crippen LogP contribution in [0.15, 0.2) is 30.5 Å². The van der Waals surface area contributed by atoms with Gasteiger partial charge in [0, 0.05) is 11.9 Å². The number of hydrogen-bond donors (Lipinski definition) is 1. The number of morpholine rings is 1. The SMILES string of the molecule is O=C(O)C1CN(c2cnnc3ccccc23)CCO1. The molecule has 0 aliphatic carbocycles. The molecule has 0 bridgehead atoms. The van der Waals surface area contributed by atoms with Crippen LogP contribution in [-0.2, 0) is 9.53 Å². The Kier molecular flexibility index (Phi) is 3.00. The van der Waals surface area contributed by atoms with Crippen molar-refractivity contribution in [2.45, 2.75) is 6.10 Å². The van der Waals surface area contributed by atoms with Crippen LogP contribution in [0.2, 0.25) is 0 Å². The molecule has 0 saturated carbocycles. The highest BCUT2D eigenvalue weighted by Crippen LogP contribution is 2.25. The number of rotatable bonds is 2. The molecule has 1 N–H and O–H groups in total. The number of aromatic nitrogens is 2. The Morgan fingerprint density at radius 1 is 1.42 bits per heavy atom. The van der Waals surface area contributed by atoms with Crippen molar-refractivity contribution in [2.75, 3.05) is 24.6 Å². The van der Waals surface area contributed by atoms with Crippen molar-refractivity contribution in [2.24, 2.45) is 0 Å². The first-order chi connectivity index (χ1) is 9.25. The van der Waals surface area contributed by atoms with E-state index in [1.54, 1.807) is 6.20 Å². The molecule has 0 radical (unpaired) electrons. The van der Waals surface area contributed by atoms with Crippen molar-refractivity contribution in [1.29, 1.82) is 0 Å². The van der Waals surface area contributed by atoms with Crippen LogP contribution in [0, 0.1) is 0 Å². The molecule has 3 rings (SSSR count). The van der Waals surface area contributed by atoms with Crippen LogP contribution in [0.3, 0.4) is 0 Å². The third kappa shape index (κ3) is 2.22. The minimum absolute atomic E-state index is 0.324. The maximum Gasteiger partial charge on any atom is 0.334 e. The van der Waals surface area contributed by atoms with Crippen LogP contribution in [0.1, 0.15) is 0 Å². The lowest BCUT2D eigenvalue weighted by Crippen LogP contribution is -2.46. The topological polar surface area (TPSA) is 75.5 Å². The molecule has 2 aromatic rings. The molecule has 98 valence electrons. The average molecular weight is 259 g/mol. The van der Waals surface area contributed by atoms with E-state index >= 15 is 0 Å². The fourth-order valence-electron chi connectivity index (χ4n) is 2.26. The molecule has 1 aromatic carbocycles. The summed E-state index contributed by atoms with van der Waals surface area (Å²) in [5.74, 6) is -0.934. The smallest absolute Gasteiger partial charge is 0.334 e. The van der Waals surface area contributed by atoms with Crippen molar-refractivity contribution in [3.8, 4) is 0 Å². The summed E-state index contributed by atoms with van der Waals surface area (Å²) in [5.41, 5.74) is 1.71. The molecule has 1 unspecified atom stereocenters. The van der Waals surface area contributed by atoms with E-state index < -0.39 is 12.1 Å². The zero-order valence-corrected chi connectivity index (χ0v) is 10.2. The fourth-order valence-corrected chi connectivity index (χ4v) is 2.26. The van der Waals surface area contributed by atoms with Gasteiger partial charge in [0.05, 0.1) is 30.6 Å². The van der Waals surface area contributed by atoms with E-state index in [2.05, 4.69) is 10.2 Å². The number of carboxylic acids is 1. The molecule has 0 spiro atoms. The van der Waals surface area contributed by atoms with E-state index in [1.807, 2.05) is 29.2 Å². The van der Waals surface area contributed by atoms with Gasteiger partial charge in [0.25, 0.3) is 0 Å². The lowest BCUT2D eigenvalue weighted by Gasteiger charge is -2.32. The van der Waals surface area contributed by atoms with Crippen molar-refractivity contribution >= 4 is 22.6 Å². The van der Waals surface area contributed by atoms with Crippen molar-refractivity contribution in [3.05, 3.63) is 30.5 Å². The van der Waals surface area contributed by atoms with Crippen molar-refractivity contribution in [1.82, 2.24) is 10.2 Å². The predicted molar refractivity (Wildman–Crippen MR) is 69.1 cm³/mol. The lowest BCUT2D eigenvalue weighted by atomic mass is 10.1. The number of carboxylic acid groups (broad SMARTS) is 1. The second-order valence-corrected chi connectivity index (χ2v) is 4.39. The minimum Gasteiger partial charge on any atom is -0.479 e. The molecule has 1 saturated heterocycles. The van der Waals surface area contributed by atoms with Gasteiger partial charge in [-0.05, 0) is 6.07 Å². The van der Waals surface area contributed by atoms with E-state index in [1.165, 1.54) is 0 Å². The molecule has 1 aliphatic rings. The monoisotopic (exact) mass is 259 g/mol. The highest BCUT2D eigenvalue weighted by Gasteiger charge is 2.27. The van der Waals surface area contributed by atoms with Crippen LogP contribution < -0.4 is 4.90 Å². The number of ether oxygens (including phenoxy) is 1. The minimum atomic E-state index is -0.934. The van der Waals surface area contributed by atoms with Gasteiger partial charge in [-0.15, -0.1) is 0 Å². The lowest BCUT2D eigenvalue weighted by molar-refractivity contribution is -0.150. The van der Waals surface area contributed by atoms with Gasteiger partial charge in [-0.1, -0.05) is 18.2 Å². The third-order valence-electron chi connectivity index (χ3n) is 3.21. The Bertz CT molecular complexity index is 612. The standard InChI is InChI=1S/C13H13N3O3/c17-13(18)12-8-16(5-6-19-12)11-7-14-15-10-4-2-1-3-9(10)11/h1-4,7,12H,5-6,8H2,(H,17,18). The maximum atomic E-state index is 11.0. The second kappa shape index (κ2) is 4.81. The zero-order chi connectivity index (χ0) is 13.2. The molecular weight excluding hydrogens is 246 g/mol. The van der Waals surface area contributed by atoms with E-state index in [9.17, 15) is 4.79 Å². The molecule has 19 heavy (non-hydrogen) atoms. The molecule has 6 nitrogen and oxygen atoms in total. The molecular formula is C13H13N3O3. The normalized spacial score (nSPS) is 19.6. The molecule has 1 fully saturated rings. The average Bonchev–Trinajstić information content (AvgIpc) is 2.47. The quantitative estimate of drug-likeness (QED) is 0.864. The summed E-state index contributed by atoms with van der Waals surface area (Å²) in [7, 11) is 0. The summed E-state index contributed by atoms with van der Waals surface area (Å²) in [6.07, 6.45) is 0.882. The maximum absolute atomic E-state index is 11.0. The van der Waals surface area contributed by atoms with Crippen LogP contribution in [0.25, 0.3) is 10.9 Å². The number of benzene rings is 1. The predicted octanol–water partition coefficient (Wildman–Crippen LogP) is 0.920. The van der Waals surface area contributed by atoms with E-state index in [0.717, 1.165) is 16.6 Å². The van der Waals surface area contributed by atoms with Crippen molar-refractivity contribution in [3.63, 3.8) is 0 Å². The Labute approximate surface area is 109 Å². The van der Waals surface area contributed by atoms with Crippen molar-refractivity contribution < 1.29 is 14.6 Å². The Morgan fingerprint density at radius 3 is 3.11 bits per heavy atom. The van der Waals surface area contributed by atoms with Crippen LogP contribution in [-0.4, -0.2) is 47.1 Å². The fraction of sp³-hybridized carbons (Fsp3) is 0.308.